The first-order chi connectivity index (χ1) is 9.46. The van der Waals surface area contributed by atoms with E-state index in [2.05, 4.69) is 6.92 Å². The maximum absolute atomic E-state index is 12.1. The van der Waals surface area contributed by atoms with Crippen molar-refractivity contribution in [1.82, 2.24) is 0 Å². The third-order valence-corrected chi connectivity index (χ3v) is 5.97. The summed E-state index contributed by atoms with van der Waals surface area (Å²) < 4.78 is 11.6. The van der Waals surface area contributed by atoms with E-state index in [0.29, 0.717) is 11.8 Å². The minimum atomic E-state index is -0.793. The smallest absolute Gasteiger partial charge is 0.311 e. The molecular weight excluding hydrogens is 260 g/mol. The zero-order chi connectivity index (χ0) is 14.1. The van der Waals surface area contributed by atoms with Crippen LogP contribution >= 0.6 is 0 Å². The van der Waals surface area contributed by atoms with Gasteiger partial charge in [-0.3, -0.25) is 4.79 Å². The fourth-order valence-corrected chi connectivity index (χ4v) is 4.76. The molecule has 4 heterocycles. The standard InChI is InChI=1S/C15H22O5/c1-8-4-5-11-9(2)12(16)17-13-15(11)10(8)6-7-14(3,18-13)19-20-15/h8-11,13H,4-7H2,1-3H3/t8?,9-,10?,11?,13?,14+,15?/m0/s1. The van der Waals surface area contributed by atoms with Crippen LogP contribution < -0.4 is 0 Å². The molecule has 4 aliphatic heterocycles. The summed E-state index contributed by atoms with van der Waals surface area (Å²) in [6.07, 6.45) is 3.24. The quantitative estimate of drug-likeness (QED) is 0.504. The number of esters is 1. The first kappa shape index (κ1) is 13.0. The monoisotopic (exact) mass is 282 g/mol. The van der Waals surface area contributed by atoms with E-state index in [-0.39, 0.29) is 17.8 Å². The molecule has 5 nitrogen and oxygen atoms in total. The van der Waals surface area contributed by atoms with Crippen molar-refractivity contribution in [2.45, 2.75) is 64.1 Å². The average Bonchev–Trinajstić information content (AvgIpc) is 2.63. The van der Waals surface area contributed by atoms with Crippen LogP contribution in [0.1, 0.15) is 46.5 Å². The van der Waals surface area contributed by atoms with E-state index in [0.717, 1.165) is 25.7 Å². The highest BCUT2D eigenvalue weighted by Gasteiger charge is 2.69. The van der Waals surface area contributed by atoms with Gasteiger partial charge in [-0.1, -0.05) is 13.8 Å². The molecule has 1 aliphatic carbocycles. The molecule has 20 heavy (non-hydrogen) atoms. The van der Waals surface area contributed by atoms with Gasteiger partial charge >= 0.3 is 5.97 Å². The molecule has 0 N–H and O–H groups in total. The number of ether oxygens (including phenoxy) is 2. The first-order valence-electron chi connectivity index (χ1n) is 7.71. The third kappa shape index (κ3) is 1.46. The molecule has 5 aliphatic rings. The van der Waals surface area contributed by atoms with Crippen LogP contribution in [0, 0.1) is 23.7 Å². The summed E-state index contributed by atoms with van der Waals surface area (Å²) in [6.45, 7) is 6.06. The summed E-state index contributed by atoms with van der Waals surface area (Å²) >= 11 is 0. The van der Waals surface area contributed by atoms with Crippen LogP contribution in [0.15, 0.2) is 0 Å². The molecule has 5 rings (SSSR count). The highest BCUT2D eigenvalue weighted by Crippen LogP contribution is 2.59. The molecule has 0 aromatic heterocycles. The van der Waals surface area contributed by atoms with Crippen molar-refractivity contribution in [2.24, 2.45) is 23.7 Å². The lowest BCUT2D eigenvalue weighted by atomic mass is 9.58. The molecule has 0 aromatic carbocycles. The number of hydrogen-bond acceptors (Lipinski definition) is 5. The van der Waals surface area contributed by atoms with Gasteiger partial charge in [-0.15, -0.1) is 0 Å². The molecule has 2 bridgehead atoms. The summed E-state index contributed by atoms with van der Waals surface area (Å²) in [5.41, 5.74) is -0.610. The Bertz CT molecular complexity index is 452. The van der Waals surface area contributed by atoms with Gasteiger partial charge in [0.25, 0.3) is 0 Å². The first-order valence-corrected chi connectivity index (χ1v) is 7.71. The van der Waals surface area contributed by atoms with Crippen molar-refractivity contribution in [2.75, 3.05) is 0 Å². The zero-order valence-electron chi connectivity index (χ0n) is 12.3. The molecule has 112 valence electrons. The lowest BCUT2D eigenvalue weighted by Crippen LogP contribution is -2.69. The Morgan fingerprint density at radius 3 is 2.70 bits per heavy atom. The molecule has 0 aromatic rings. The predicted octanol–water partition coefficient (Wildman–Crippen LogP) is 2.39. The maximum Gasteiger partial charge on any atom is 0.311 e. The fraction of sp³-hybridized carbons (Fsp3) is 0.933. The number of carbonyl (C=O) groups is 1. The van der Waals surface area contributed by atoms with Crippen LogP contribution in [0.4, 0.5) is 0 Å². The van der Waals surface area contributed by atoms with Crippen molar-refractivity contribution in [3.63, 3.8) is 0 Å². The van der Waals surface area contributed by atoms with Gasteiger partial charge in [-0.2, -0.15) is 0 Å². The summed E-state index contributed by atoms with van der Waals surface area (Å²) in [4.78, 5) is 23.7. The van der Waals surface area contributed by atoms with Gasteiger partial charge in [0.15, 0.2) is 5.60 Å². The second-order valence-electron chi connectivity index (χ2n) is 7.14. The average molecular weight is 282 g/mol. The number of fused-ring (bicyclic) bond motifs is 2. The van der Waals surface area contributed by atoms with Gasteiger partial charge in [0, 0.05) is 18.3 Å². The van der Waals surface area contributed by atoms with E-state index in [9.17, 15) is 4.79 Å². The number of carbonyl (C=O) groups excluding carboxylic acids is 1. The molecule has 5 unspecified atom stereocenters. The molecule has 0 radical (unpaired) electrons. The van der Waals surface area contributed by atoms with Gasteiger partial charge < -0.3 is 9.47 Å². The number of hydrogen-bond donors (Lipinski definition) is 0. The van der Waals surface area contributed by atoms with Crippen LogP contribution in [-0.4, -0.2) is 23.6 Å². The Kier molecular flexibility index (Phi) is 2.58. The van der Waals surface area contributed by atoms with E-state index < -0.39 is 17.7 Å². The summed E-state index contributed by atoms with van der Waals surface area (Å²) in [7, 11) is 0. The van der Waals surface area contributed by atoms with Crippen molar-refractivity contribution < 1.29 is 24.0 Å². The van der Waals surface area contributed by atoms with Crippen molar-refractivity contribution in [1.29, 1.82) is 0 Å². The van der Waals surface area contributed by atoms with E-state index in [1.165, 1.54) is 0 Å². The third-order valence-electron chi connectivity index (χ3n) is 5.97. The Morgan fingerprint density at radius 2 is 1.90 bits per heavy atom. The van der Waals surface area contributed by atoms with Gasteiger partial charge in [0.05, 0.1) is 5.92 Å². The second kappa shape index (κ2) is 3.96. The molecule has 0 amide bonds. The zero-order valence-corrected chi connectivity index (χ0v) is 12.3. The lowest BCUT2D eigenvalue weighted by Gasteiger charge is -2.57. The molecule has 4 saturated heterocycles. The fourth-order valence-electron chi connectivity index (χ4n) is 4.76. The van der Waals surface area contributed by atoms with Crippen LogP contribution in [0.2, 0.25) is 0 Å². The molecule has 5 fully saturated rings. The summed E-state index contributed by atoms with van der Waals surface area (Å²) in [5, 5.41) is 0. The highest BCUT2D eigenvalue weighted by molar-refractivity contribution is 5.74. The van der Waals surface area contributed by atoms with Gasteiger partial charge in [-0.05, 0) is 32.1 Å². The van der Waals surface area contributed by atoms with Crippen LogP contribution in [0.5, 0.6) is 0 Å². The number of rotatable bonds is 0. The van der Waals surface area contributed by atoms with E-state index >= 15 is 0 Å². The predicted molar refractivity (Wildman–Crippen MR) is 68.0 cm³/mol. The van der Waals surface area contributed by atoms with Crippen LogP contribution in [0.3, 0.4) is 0 Å². The molecule has 1 saturated carbocycles. The van der Waals surface area contributed by atoms with Crippen molar-refractivity contribution in [3.8, 4) is 0 Å². The van der Waals surface area contributed by atoms with Crippen molar-refractivity contribution >= 4 is 5.97 Å². The summed E-state index contributed by atoms with van der Waals surface area (Å²) in [5.74, 6) is -0.137. The van der Waals surface area contributed by atoms with Crippen molar-refractivity contribution in [3.05, 3.63) is 0 Å². The summed E-state index contributed by atoms with van der Waals surface area (Å²) in [6, 6.07) is 0. The van der Waals surface area contributed by atoms with Gasteiger partial charge in [0.1, 0.15) is 0 Å². The van der Waals surface area contributed by atoms with Gasteiger partial charge in [-0.25, -0.2) is 9.78 Å². The van der Waals surface area contributed by atoms with E-state index in [1.807, 2.05) is 13.8 Å². The minimum absolute atomic E-state index is 0.123. The van der Waals surface area contributed by atoms with E-state index in [1.54, 1.807) is 0 Å². The minimum Gasteiger partial charge on any atom is -0.432 e. The van der Waals surface area contributed by atoms with Crippen LogP contribution in [0.25, 0.3) is 0 Å². The van der Waals surface area contributed by atoms with Gasteiger partial charge in [0.2, 0.25) is 12.1 Å². The van der Waals surface area contributed by atoms with Crippen LogP contribution in [-0.2, 0) is 24.0 Å². The Balaban J connectivity index is 1.84. The maximum atomic E-state index is 12.1. The molecule has 5 heteroatoms. The normalized spacial score (nSPS) is 57.8. The molecule has 1 spiro atoms. The highest BCUT2D eigenvalue weighted by atomic mass is 17.3. The Morgan fingerprint density at radius 1 is 1.10 bits per heavy atom. The largest absolute Gasteiger partial charge is 0.432 e. The lowest BCUT2D eigenvalue weighted by molar-refractivity contribution is -0.559. The molecule has 7 atom stereocenters. The molecular formula is C15H22O5. The SMILES string of the molecule is CC1CCC2[C@H](C)C(=O)OC3O[C@@]4(C)CCC1C32OO4. The topological polar surface area (TPSA) is 54.0 Å². The Labute approximate surface area is 118 Å². The Hall–Kier alpha value is -0.650. The second-order valence-corrected chi connectivity index (χ2v) is 7.14. The van der Waals surface area contributed by atoms with E-state index in [4.69, 9.17) is 19.2 Å².